The Balaban J connectivity index is 1.58. The number of aryl methyl sites for hydroxylation is 5. The van der Waals surface area contributed by atoms with Crippen LogP contribution in [0.3, 0.4) is 0 Å². The van der Waals surface area contributed by atoms with Gasteiger partial charge in [-0.2, -0.15) is 0 Å². The van der Waals surface area contributed by atoms with E-state index in [1.807, 2.05) is 12.1 Å². The molecule has 180 valence electrons. The Labute approximate surface area is 201 Å². The van der Waals surface area contributed by atoms with Crippen LogP contribution in [-0.2, 0) is 14.4 Å². The van der Waals surface area contributed by atoms with Crippen molar-refractivity contribution in [2.45, 2.75) is 52.9 Å². The number of ether oxygens (including phenoxy) is 2. The molecule has 0 N–H and O–H groups in total. The summed E-state index contributed by atoms with van der Waals surface area (Å²) in [5.74, 6) is 0.844. The summed E-state index contributed by atoms with van der Waals surface area (Å²) in [7, 11) is 1.69. The van der Waals surface area contributed by atoms with Crippen LogP contribution in [-0.4, -0.2) is 61.6 Å². The van der Waals surface area contributed by atoms with Crippen molar-refractivity contribution in [3.8, 4) is 5.75 Å². The molecule has 2 aromatic rings. The van der Waals surface area contributed by atoms with E-state index >= 15 is 0 Å². The van der Waals surface area contributed by atoms with E-state index in [9.17, 15) is 0 Å². The fourth-order valence-corrected chi connectivity index (χ4v) is 5.71. The number of methoxy groups -OCH3 is 1. The molecule has 7 nitrogen and oxygen atoms in total. The van der Waals surface area contributed by atoms with Crippen LogP contribution in [0, 0.1) is 34.6 Å². The summed E-state index contributed by atoms with van der Waals surface area (Å²) in [5, 5.41) is 9.34. The highest BCUT2D eigenvalue weighted by Gasteiger charge is 2.60. The van der Waals surface area contributed by atoms with E-state index in [0.717, 1.165) is 63.6 Å². The molecule has 3 aliphatic heterocycles. The zero-order valence-electron chi connectivity index (χ0n) is 20.9. The first kappa shape index (κ1) is 22.9. The van der Waals surface area contributed by atoms with Crippen molar-refractivity contribution in [2.24, 2.45) is 10.3 Å². The summed E-state index contributed by atoms with van der Waals surface area (Å²) in [6.45, 7) is 13.4. The highest BCUT2D eigenvalue weighted by Crippen LogP contribution is 2.43. The van der Waals surface area contributed by atoms with Gasteiger partial charge in [-0.05, 0) is 69.0 Å². The number of morpholine rings is 1. The number of hydrogen-bond acceptors (Lipinski definition) is 7. The first-order valence-corrected chi connectivity index (χ1v) is 11.9. The minimum atomic E-state index is -0.823. The van der Waals surface area contributed by atoms with Crippen LogP contribution in [0.15, 0.2) is 34.6 Å². The zero-order chi connectivity index (χ0) is 24.0. The van der Waals surface area contributed by atoms with Gasteiger partial charge in [0.05, 0.1) is 26.0 Å². The van der Waals surface area contributed by atoms with Gasteiger partial charge in [0, 0.05) is 30.6 Å². The normalized spacial score (nSPS) is 24.6. The molecule has 0 saturated carbocycles. The molecule has 7 heteroatoms. The zero-order valence-corrected chi connectivity index (χ0v) is 20.9. The minimum Gasteiger partial charge on any atom is -0.497 e. The Morgan fingerprint density at radius 2 is 1.50 bits per heavy atom. The predicted molar refractivity (Wildman–Crippen MR) is 132 cm³/mol. The van der Waals surface area contributed by atoms with Gasteiger partial charge < -0.3 is 19.1 Å². The predicted octanol–water partition coefficient (Wildman–Crippen LogP) is 4.19. The van der Waals surface area contributed by atoms with Gasteiger partial charge in [-0.1, -0.05) is 28.0 Å². The molecule has 0 aromatic heterocycles. The van der Waals surface area contributed by atoms with Crippen LogP contribution >= 0.6 is 0 Å². The molecule has 3 heterocycles. The molecule has 0 radical (unpaired) electrons. The van der Waals surface area contributed by atoms with Crippen molar-refractivity contribution in [1.29, 1.82) is 0 Å². The Hall–Kier alpha value is -2.90. The van der Waals surface area contributed by atoms with Crippen molar-refractivity contribution in [3.05, 3.63) is 63.2 Å². The van der Waals surface area contributed by atoms with Gasteiger partial charge in [0.15, 0.2) is 0 Å². The summed E-state index contributed by atoms with van der Waals surface area (Å²) in [6, 6.07) is 8.47. The van der Waals surface area contributed by atoms with Crippen LogP contribution in [0.25, 0.3) is 0 Å². The van der Waals surface area contributed by atoms with Crippen molar-refractivity contribution in [3.63, 3.8) is 0 Å². The van der Waals surface area contributed by atoms with E-state index in [4.69, 9.17) is 19.1 Å². The Bertz CT molecular complexity index is 1140. The molecule has 1 fully saturated rings. The molecule has 1 saturated heterocycles. The van der Waals surface area contributed by atoms with E-state index < -0.39 is 5.60 Å². The Morgan fingerprint density at radius 1 is 0.882 bits per heavy atom. The van der Waals surface area contributed by atoms with Gasteiger partial charge in [0.25, 0.3) is 0 Å². The lowest BCUT2D eigenvalue weighted by molar-refractivity contribution is -0.159. The number of nitrogens with zero attached hydrogens (tertiary/aromatic N) is 3. The maximum atomic E-state index is 6.43. The van der Waals surface area contributed by atoms with Crippen molar-refractivity contribution in [2.75, 3.05) is 33.4 Å². The SMILES string of the molecule is COc1cc(C)c(C2=NO[C@@]3(C2)C(c2c(C)cc(C)cc2C)=NO[C@@H]3N2CCOCC2)c(C)c1. The van der Waals surface area contributed by atoms with Crippen LogP contribution in [0.1, 0.15) is 45.4 Å². The maximum Gasteiger partial charge on any atom is 0.241 e. The fraction of sp³-hybridized carbons (Fsp3) is 0.481. The number of rotatable bonds is 4. The molecule has 0 amide bonds. The quantitative estimate of drug-likeness (QED) is 0.680. The third-order valence-corrected chi connectivity index (χ3v) is 7.11. The van der Waals surface area contributed by atoms with E-state index in [-0.39, 0.29) is 6.23 Å². The first-order chi connectivity index (χ1) is 16.3. The first-order valence-electron chi connectivity index (χ1n) is 11.9. The van der Waals surface area contributed by atoms with E-state index in [2.05, 4.69) is 62.0 Å². The topological polar surface area (TPSA) is 64.9 Å². The molecule has 1 spiro atoms. The molecule has 34 heavy (non-hydrogen) atoms. The molecule has 5 rings (SSSR count). The second-order valence-corrected chi connectivity index (χ2v) is 9.65. The second kappa shape index (κ2) is 8.71. The van der Waals surface area contributed by atoms with Crippen LogP contribution < -0.4 is 4.74 Å². The molecule has 0 aliphatic carbocycles. The highest BCUT2D eigenvalue weighted by molar-refractivity contribution is 6.15. The van der Waals surface area contributed by atoms with Gasteiger partial charge in [0.1, 0.15) is 11.5 Å². The van der Waals surface area contributed by atoms with Gasteiger partial charge in [-0.3, -0.25) is 4.90 Å². The van der Waals surface area contributed by atoms with E-state index in [1.165, 1.54) is 5.56 Å². The monoisotopic (exact) mass is 463 g/mol. The van der Waals surface area contributed by atoms with Gasteiger partial charge in [0.2, 0.25) is 11.8 Å². The average Bonchev–Trinajstić information content (AvgIpc) is 3.38. The van der Waals surface area contributed by atoms with Gasteiger partial charge in [-0.15, -0.1) is 0 Å². The Kier molecular flexibility index (Phi) is 5.86. The number of benzene rings is 2. The summed E-state index contributed by atoms with van der Waals surface area (Å²) in [4.78, 5) is 14.9. The number of hydrogen-bond donors (Lipinski definition) is 0. The minimum absolute atomic E-state index is 0.369. The molecule has 2 atom stereocenters. The molecule has 0 bridgehead atoms. The third-order valence-electron chi connectivity index (χ3n) is 7.11. The van der Waals surface area contributed by atoms with Crippen molar-refractivity contribution < 1.29 is 19.1 Å². The lowest BCUT2D eigenvalue weighted by Gasteiger charge is -2.37. The van der Waals surface area contributed by atoms with Gasteiger partial charge in [-0.25, -0.2) is 0 Å². The molecule has 3 aliphatic rings. The largest absolute Gasteiger partial charge is 0.497 e. The molecular formula is C27H33N3O4. The summed E-state index contributed by atoms with van der Waals surface area (Å²) in [6.07, 6.45) is 0.209. The van der Waals surface area contributed by atoms with Gasteiger partial charge >= 0.3 is 0 Å². The Morgan fingerprint density at radius 3 is 2.12 bits per heavy atom. The number of oxime groups is 2. The fourth-order valence-electron chi connectivity index (χ4n) is 5.71. The third kappa shape index (κ3) is 3.67. The molecule has 0 unspecified atom stereocenters. The summed E-state index contributed by atoms with van der Waals surface area (Å²) in [5.41, 5.74) is 8.87. The lowest BCUT2D eigenvalue weighted by atomic mass is 9.80. The maximum absolute atomic E-state index is 6.43. The average molecular weight is 464 g/mol. The van der Waals surface area contributed by atoms with Crippen LogP contribution in [0.4, 0.5) is 0 Å². The highest BCUT2D eigenvalue weighted by atomic mass is 16.7. The van der Waals surface area contributed by atoms with E-state index in [1.54, 1.807) is 7.11 Å². The molecular weight excluding hydrogens is 430 g/mol. The van der Waals surface area contributed by atoms with Crippen LogP contribution in [0.5, 0.6) is 5.75 Å². The standard InChI is InChI=1S/C27H33N3O4/c1-16-11-17(2)24(18(3)12-16)25-27(26(33-29-25)30-7-9-32-10-8-30)15-22(28-34-27)23-19(4)13-21(31-6)14-20(23)5/h11-14,26H,7-10,15H2,1-6H3/t26-,27-/m0/s1. The van der Waals surface area contributed by atoms with Crippen LogP contribution in [0.2, 0.25) is 0 Å². The summed E-state index contributed by atoms with van der Waals surface area (Å²) < 4.78 is 11.1. The van der Waals surface area contributed by atoms with E-state index in [0.29, 0.717) is 19.6 Å². The van der Waals surface area contributed by atoms with Crippen molar-refractivity contribution in [1.82, 2.24) is 4.90 Å². The second-order valence-electron chi connectivity index (χ2n) is 9.65. The lowest BCUT2D eigenvalue weighted by Crippen LogP contribution is -2.57. The molecule has 2 aromatic carbocycles. The summed E-state index contributed by atoms with van der Waals surface area (Å²) >= 11 is 0. The smallest absolute Gasteiger partial charge is 0.241 e. The van der Waals surface area contributed by atoms with Crippen molar-refractivity contribution >= 4 is 11.4 Å².